The molecule has 0 unspecified atom stereocenters. The SMILES string of the molecule is C=CCO[C@@H](C)[C@@H]1OCC=C1C(=C)CCCC. The summed E-state index contributed by atoms with van der Waals surface area (Å²) < 4.78 is 11.3. The Morgan fingerprint density at radius 1 is 1.71 bits per heavy atom. The Morgan fingerprint density at radius 3 is 3.12 bits per heavy atom. The Kier molecular flexibility index (Phi) is 6.23. The van der Waals surface area contributed by atoms with Crippen molar-refractivity contribution in [2.75, 3.05) is 13.2 Å². The maximum Gasteiger partial charge on any atom is 0.109 e. The lowest BCUT2D eigenvalue weighted by atomic mass is 9.95. The Hall–Kier alpha value is -0.860. The molecule has 0 amide bonds. The highest BCUT2D eigenvalue weighted by molar-refractivity contribution is 5.35. The molecule has 0 N–H and O–H groups in total. The van der Waals surface area contributed by atoms with Gasteiger partial charge in [-0.2, -0.15) is 0 Å². The highest BCUT2D eigenvalue weighted by atomic mass is 16.5. The first-order valence-corrected chi connectivity index (χ1v) is 6.43. The average molecular weight is 236 g/mol. The van der Waals surface area contributed by atoms with Gasteiger partial charge in [0.05, 0.1) is 19.3 Å². The van der Waals surface area contributed by atoms with Crippen LogP contribution in [-0.4, -0.2) is 25.4 Å². The van der Waals surface area contributed by atoms with Crippen LogP contribution in [0.5, 0.6) is 0 Å². The molecule has 0 bridgehead atoms. The second kappa shape index (κ2) is 7.46. The fourth-order valence-corrected chi connectivity index (χ4v) is 2.02. The molecule has 1 heterocycles. The molecular formula is C15H24O2. The van der Waals surface area contributed by atoms with Gasteiger partial charge in [-0.1, -0.05) is 32.1 Å². The summed E-state index contributed by atoms with van der Waals surface area (Å²) in [5.41, 5.74) is 2.43. The first kappa shape index (κ1) is 14.2. The van der Waals surface area contributed by atoms with Gasteiger partial charge in [0.1, 0.15) is 6.10 Å². The van der Waals surface area contributed by atoms with E-state index in [2.05, 4.69) is 26.2 Å². The minimum atomic E-state index is 0.0410. The van der Waals surface area contributed by atoms with Gasteiger partial charge in [-0.15, -0.1) is 6.58 Å². The molecule has 0 aliphatic carbocycles. The van der Waals surface area contributed by atoms with E-state index < -0.39 is 0 Å². The predicted octanol–water partition coefficient (Wildman–Crippen LogP) is 3.65. The van der Waals surface area contributed by atoms with Crippen LogP contribution in [0.25, 0.3) is 0 Å². The molecule has 2 heteroatoms. The molecule has 96 valence electrons. The molecule has 0 fully saturated rings. The van der Waals surface area contributed by atoms with Crippen molar-refractivity contribution in [1.29, 1.82) is 0 Å². The zero-order valence-electron chi connectivity index (χ0n) is 11.1. The number of unbranched alkanes of at least 4 members (excludes halogenated alkanes) is 1. The van der Waals surface area contributed by atoms with Gasteiger partial charge in [0.15, 0.2) is 0 Å². The highest BCUT2D eigenvalue weighted by Crippen LogP contribution is 2.28. The third-order valence-electron chi connectivity index (χ3n) is 3.03. The lowest BCUT2D eigenvalue weighted by molar-refractivity contribution is -0.0201. The zero-order valence-corrected chi connectivity index (χ0v) is 11.1. The molecule has 0 aromatic heterocycles. The lowest BCUT2D eigenvalue weighted by Crippen LogP contribution is -2.28. The standard InChI is InChI=1S/C15H24O2/c1-5-7-8-12(3)14-9-11-17-15(14)13(4)16-10-6-2/h6,9,13,15H,2-3,5,7-8,10-11H2,1,4H3/t13-,15-/m0/s1. The van der Waals surface area contributed by atoms with Crippen molar-refractivity contribution in [2.45, 2.75) is 45.3 Å². The van der Waals surface area contributed by atoms with E-state index in [0.29, 0.717) is 13.2 Å². The first-order valence-electron chi connectivity index (χ1n) is 6.43. The van der Waals surface area contributed by atoms with E-state index in [1.807, 2.05) is 6.92 Å². The van der Waals surface area contributed by atoms with Gasteiger partial charge in [-0.05, 0) is 30.9 Å². The molecular weight excluding hydrogens is 212 g/mol. The third-order valence-corrected chi connectivity index (χ3v) is 3.03. The minimum Gasteiger partial charge on any atom is -0.371 e. The van der Waals surface area contributed by atoms with Crippen LogP contribution in [0.1, 0.15) is 33.1 Å². The summed E-state index contributed by atoms with van der Waals surface area (Å²) in [5, 5.41) is 0. The summed E-state index contributed by atoms with van der Waals surface area (Å²) in [7, 11) is 0. The van der Waals surface area contributed by atoms with Gasteiger partial charge < -0.3 is 9.47 Å². The van der Waals surface area contributed by atoms with Crippen molar-refractivity contribution in [1.82, 2.24) is 0 Å². The fourth-order valence-electron chi connectivity index (χ4n) is 2.02. The molecule has 0 radical (unpaired) electrons. The Morgan fingerprint density at radius 2 is 2.47 bits per heavy atom. The smallest absolute Gasteiger partial charge is 0.109 e. The molecule has 0 spiro atoms. The van der Waals surface area contributed by atoms with Gasteiger partial charge in [0.2, 0.25) is 0 Å². The van der Waals surface area contributed by atoms with E-state index in [4.69, 9.17) is 9.47 Å². The quantitative estimate of drug-likeness (QED) is 0.599. The average Bonchev–Trinajstić information content (AvgIpc) is 2.82. The Bertz CT molecular complexity index is 291. The molecule has 1 rings (SSSR count). The van der Waals surface area contributed by atoms with Gasteiger partial charge in [-0.3, -0.25) is 0 Å². The van der Waals surface area contributed by atoms with Gasteiger partial charge in [0.25, 0.3) is 0 Å². The minimum absolute atomic E-state index is 0.0410. The number of hydrogen-bond acceptors (Lipinski definition) is 2. The van der Waals surface area contributed by atoms with Crippen molar-refractivity contribution in [3.63, 3.8) is 0 Å². The van der Waals surface area contributed by atoms with Crippen molar-refractivity contribution >= 4 is 0 Å². The van der Waals surface area contributed by atoms with E-state index in [9.17, 15) is 0 Å². The van der Waals surface area contributed by atoms with Crippen molar-refractivity contribution in [3.05, 3.63) is 36.5 Å². The molecule has 0 saturated heterocycles. The normalized spacial score (nSPS) is 21.1. The zero-order chi connectivity index (χ0) is 12.7. The first-order chi connectivity index (χ1) is 8.20. The van der Waals surface area contributed by atoms with Crippen LogP contribution in [0.3, 0.4) is 0 Å². The highest BCUT2D eigenvalue weighted by Gasteiger charge is 2.27. The maximum absolute atomic E-state index is 5.71. The van der Waals surface area contributed by atoms with E-state index in [0.717, 1.165) is 6.42 Å². The molecule has 17 heavy (non-hydrogen) atoms. The van der Waals surface area contributed by atoms with E-state index >= 15 is 0 Å². The molecule has 2 nitrogen and oxygen atoms in total. The van der Waals surface area contributed by atoms with Gasteiger partial charge in [0, 0.05) is 0 Å². The van der Waals surface area contributed by atoms with Crippen molar-refractivity contribution in [3.8, 4) is 0 Å². The van der Waals surface area contributed by atoms with Crippen LogP contribution in [0.4, 0.5) is 0 Å². The Labute approximate surface area is 105 Å². The molecule has 0 saturated carbocycles. The number of ether oxygens (including phenoxy) is 2. The largest absolute Gasteiger partial charge is 0.371 e. The van der Waals surface area contributed by atoms with E-state index in [1.165, 1.54) is 24.0 Å². The fraction of sp³-hybridized carbons (Fsp3) is 0.600. The van der Waals surface area contributed by atoms with Gasteiger partial charge in [-0.25, -0.2) is 0 Å². The molecule has 0 aromatic carbocycles. The molecule has 1 aliphatic heterocycles. The summed E-state index contributed by atoms with van der Waals surface area (Å²) in [6, 6.07) is 0. The number of rotatable bonds is 8. The van der Waals surface area contributed by atoms with Crippen LogP contribution in [-0.2, 0) is 9.47 Å². The van der Waals surface area contributed by atoms with E-state index in [1.54, 1.807) is 6.08 Å². The molecule has 0 aromatic rings. The van der Waals surface area contributed by atoms with Crippen LogP contribution < -0.4 is 0 Å². The maximum atomic E-state index is 5.71. The Balaban J connectivity index is 2.52. The summed E-state index contributed by atoms with van der Waals surface area (Å²) in [5.74, 6) is 0. The van der Waals surface area contributed by atoms with Crippen LogP contribution in [0, 0.1) is 0 Å². The third kappa shape index (κ3) is 4.14. The van der Waals surface area contributed by atoms with Crippen molar-refractivity contribution in [2.24, 2.45) is 0 Å². The molecule has 2 atom stereocenters. The predicted molar refractivity (Wildman–Crippen MR) is 72.1 cm³/mol. The summed E-state index contributed by atoms with van der Waals surface area (Å²) in [4.78, 5) is 0. The van der Waals surface area contributed by atoms with E-state index in [-0.39, 0.29) is 12.2 Å². The summed E-state index contributed by atoms with van der Waals surface area (Å²) in [6.07, 6.45) is 7.43. The van der Waals surface area contributed by atoms with Crippen molar-refractivity contribution < 1.29 is 9.47 Å². The summed E-state index contributed by atoms with van der Waals surface area (Å²) in [6.45, 7) is 13.3. The molecule has 1 aliphatic rings. The van der Waals surface area contributed by atoms with Crippen LogP contribution >= 0.6 is 0 Å². The topological polar surface area (TPSA) is 18.5 Å². The second-order valence-electron chi connectivity index (χ2n) is 4.45. The van der Waals surface area contributed by atoms with Gasteiger partial charge >= 0.3 is 0 Å². The summed E-state index contributed by atoms with van der Waals surface area (Å²) >= 11 is 0. The monoisotopic (exact) mass is 236 g/mol. The number of hydrogen-bond donors (Lipinski definition) is 0. The van der Waals surface area contributed by atoms with Crippen LogP contribution in [0.15, 0.2) is 36.5 Å². The second-order valence-corrected chi connectivity index (χ2v) is 4.45. The van der Waals surface area contributed by atoms with Crippen LogP contribution in [0.2, 0.25) is 0 Å². The lowest BCUT2D eigenvalue weighted by Gasteiger charge is -2.23.